The van der Waals surface area contributed by atoms with Gasteiger partial charge in [0.15, 0.2) is 0 Å². The molecule has 0 heterocycles. The molecule has 0 unspecified atom stereocenters. The molecule has 0 aromatic carbocycles. The molecule has 0 fully saturated rings. The molecule has 0 aromatic heterocycles. The van der Waals surface area contributed by atoms with E-state index >= 15 is 0 Å². The van der Waals surface area contributed by atoms with Crippen LogP contribution >= 0.6 is 23.2 Å². The summed E-state index contributed by atoms with van der Waals surface area (Å²) in [6.07, 6.45) is -2.48. The van der Waals surface area contributed by atoms with E-state index in [1.807, 2.05) is 0 Å². The molecule has 0 atom stereocenters. The lowest BCUT2D eigenvalue weighted by atomic mass is 11.0. The van der Waals surface area contributed by atoms with Crippen molar-refractivity contribution < 1.29 is 17.9 Å². The first-order valence-corrected chi connectivity index (χ1v) is 2.68. The normalized spacial score (nSPS) is 5.91. The van der Waals surface area contributed by atoms with Crippen LogP contribution in [0.5, 0.6) is 0 Å². The minimum Gasteiger partial charge on any atom is -0.269 e. The molecule has 0 amide bonds. The third-order valence-corrected chi connectivity index (χ3v) is 0.517. The van der Waals surface area contributed by atoms with Crippen LogP contribution < -0.4 is 0 Å². The number of hydrogen-bond acceptors (Lipinski definition) is 0. The maximum Gasteiger partial charge on any atom is 0.317 e. The fourth-order valence-electron chi connectivity index (χ4n) is 0. The molecule has 6 heteroatoms. The zero-order valence-electron chi connectivity index (χ0n) is 5.08. The maximum absolute atomic E-state index is 10.7. The monoisotopic (exact) mass is 210 g/mol. The van der Waals surface area contributed by atoms with Crippen LogP contribution in [0.1, 0.15) is 0 Å². The number of halogens is 6. The highest BCUT2D eigenvalue weighted by Gasteiger charge is 1.95. The average molecular weight is 211 g/mol. The van der Waals surface area contributed by atoms with Gasteiger partial charge in [0.25, 0.3) is 5.29 Å². The molecule has 0 rings (SSSR count). The first kappa shape index (κ1) is 16.9. The van der Waals surface area contributed by atoms with Crippen molar-refractivity contribution in [2.75, 3.05) is 0 Å². The van der Waals surface area contributed by atoms with Gasteiger partial charge in [0.1, 0.15) is 0 Å². The van der Waals surface area contributed by atoms with Crippen LogP contribution in [0.3, 0.4) is 0 Å². The highest BCUT2D eigenvalue weighted by atomic mass is 35.5. The molecule has 11 heavy (non-hydrogen) atoms. The molecule has 0 bridgehead atoms. The molecule has 0 nitrogen and oxygen atoms in total. The van der Waals surface area contributed by atoms with Crippen molar-refractivity contribution >= 4 is 23.2 Å². The van der Waals surface area contributed by atoms with E-state index in [1.165, 1.54) is 5.54 Å². The van der Waals surface area contributed by atoms with Gasteiger partial charge in [-0.15, -0.1) is 5.73 Å². The minimum atomic E-state index is -2.48. The quantitative estimate of drug-likeness (QED) is 0.420. The Kier molecular flexibility index (Phi) is 18.8. The summed E-state index contributed by atoms with van der Waals surface area (Å²) in [6.45, 7) is 3.17. The molecular weight excluding hydrogens is 207 g/mol. The van der Waals surface area contributed by atoms with Crippen molar-refractivity contribution in [1.29, 1.82) is 0 Å². The number of rotatable bonds is 0. The summed E-state index contributed by atoms with van der Waals surface area (Å²) in [5.41, 5.74) is 3.56. The predicted octanol–water partition coefficient (Wildman–Crippen LogP) is 3.94. The fourth-order valence-corrected chi connectivity index (χ4v) is 0. The molecule has 0 aliphatic heterocycles. The van der Waals surface area contributed by atoms with Gasteiger partial charge in [-0.3, -0.25) is 4.70 Å². The third kappa shape index (κ3) is 26.3. The summed E-state index contributed by atoms with van der Waals surface area (Å²) in [4.78, 5) is 0. The minimum absolute atomic E-state index is 0. The van der Waals surface area contributed by atoms with E-state index in [2.05, 4.69) is 23.9 Å². The van der Waals surface area contributed by atoms with Crippen molar-refractivity contribution in [3.63, 3.8) is 0 Å². The van der Waals surface area contributed by atoms with Crippen molar-refractivity contribution in [2.24, 2.45) is 0 Å². The van der Waals surface area contributed by atoms with E-state index in [9.17, 15) is 13.2 Å². The van der Waals surface area contributed by atoms with E-state index < -0.39 is 11.4 Å². The van der Waals surface area contributed by atoms with Gasteiger partial charge in [-0.05, 0) is 11.6 Å². The Morgan fingerprint density at radius 3 is 1.55 bits per heavy atom. The van der Waals surface area contributed by atoms with Crippen molar-refractivity contribution in [3.05, 3.63) is 29.2 Å². The summed E-state index contributed by atoms with van der Waals surface area (Å²) < 4.78 is 31.8. The average Bonchev–Trinajstić information content (AvgIpc) is 1.89. The Morgan fingerprint density at radius 2 is 1.55 bits per heavy atom. The summed E-state index contributed by atoms with van der Waals surface area (Å²) in [5.74, 6) is 0. The van der Waals surface area contributed by atoms with Crippen LogP contribution in [0.4, 0.5) is 17.9 Å². The SMILES string of the molecule is C=C=CCl.F.FC(F)=C(F)Cl. The van der Waals surface area contributed by atoms with E-state index in [0.29, 0.717) is 0 Å². The molecular formula is C5H4Cl2F4. The van der Waals surface area contributed by atoms with Gasteiger partial charge in [-0.25, -0.2) is 0 Å². The molecule has 0 aliphatic rings. The summed E-state index contributed by atoms with van der Waals surface area (Å²) in [7, 11) is 0. The van der Waals surface area contributed by atoms with E-state index in [-0.39, 0.29) is 4.70 Å². The molecule has 0 radical (unpaired) electrons. The predicted molar refractivity (Wildman–Crippen MR) is 38.3 cm³/mol. The van der Waals surface area contributed by atoms with Gasteiger partial charge < -0.3 is 0 Å². The molecule has 0 aromatic rings. The molecule has 0 spiro atoms. The molecule has 0 saturated heterocycles. The third-order valence-electron chi connectivity index (χ3n) is 0.220. The van der Waals surface area contributed by atoms with E-state index in [4.69, 9.17) is 11.6 Å². The Bertz CT molecular complexity index is 142. The Hall–Kier alpha value is -0.440. The van der Waals surface area contributed by atoms with Crippen LogP contribution in [-0.2, 0) is 0 Å². The van der Waals surface area contributed by atoms with E-state index in [1.54, 1.807) is 0 Å². The van der Waals surface area contributed by atoms with Gasteiger partial charge in [-0.2, -0.15) is 13.2 Å². The molecule has 66 valence electrons. The van der Waals surface area contributed by atoms with Crippen LogP contribution in [0, 0.1) is 0 Å². The topological polar surface area (TPSA) is 0 Å². The van der Waals surface area contributed by atoms with Gasteiger partial charge in [0, 0.05) is 5.54 Å². The van der Waals surface area contributed by atoms with E-state index in [0.717, 1.165) is 0 Å². The van der Waals surface area contributed by atoms with Gasteiger partial charge in [0.05, 0.1) is 0 Å². The van der Waals surface area contributed by atoms with Crippen LogP contribution in [-0.4, -0.2) is 0 Å². The second-order valence-corrected chi connectivity index (χ2v) is 1.38. The summed E-state index contributed by atoms with van der Waals surface area (Å²) in [5, 5.41) is -1.94. The molecule has 0 N–H and O–H groups in total. The molecule has 0 aliphatic carbocycles. The number of hydrogen-bond donors (Lipinski definition) is 0. The lowest BCUT2D eigenvalue weighted by molar-refractivity contribution is 0.393. The second kappa shape index (κ2) is 12.3. The standard InChI is InChI=1S/C3H3Cl.C2ClF3.FH/c1-2-3-4;3-1(4)2(5)6;/h3H,1H2;;1H. The van der Waals surface area contributed by atoms with Gasteiger partial charge in [0.2, 0.25) is 0 Å². The molecule has 0 saturated carbocycles. The van der Waals surface area contributed by atoms with Gasteiger partial charge in [-0.1, -0.05) is 18.2 Å². The lowest BCUT2D eigenvalue weighted by Crippen LogP contribution is -1.54. The first-order valence-electron chi connectivity index (χ1n) is 1.87. The van der Waals surface area contributed by atoms with Crippen LogP contribution in [0.2, 0.25) is 0 Å². The highest BCUT2D eigenvalue weighted by molar-refractivity contribution is 6.28. The lowest BCUT2D eigenvalue weighted by Gasteiger charge is -1.70. The maximum atomic E-state index is 10.7. The highest BCUT2D eigenvalue weighted by Crippen LogP contribution is 2.11. The summed E-state index contributed by atoms with van der Waals surface area (Å²) in [6, 6.07) is 0. The Balaban J connectivity index is -0.000000114. The Morgan fingerprint density at radius 1 is 1.36 bits per heavy atom. The summed E-state index contributed by atoms with van der Waals surface area (Å²) >= 11 is 8.96. The second-order valence-electron chi connectivity index (χ2n) is 0.834. The van der Waals surface area contributed by atoms with Crippen LogP contribution in [0.15, 0.2) is 29.2 Å². The zero-order valence-corrected chi connectivity index (χ0v) is 6.59. The largest absolute Gasteiger partial charge is 0.317 e. The van der Waals surface area contributed by atoms with Crippen molar-refractivity contribution in [3.8, 4) is 0 Å². The first-order chi connectivity index (χ1) is 4.56. The zero-order chi connectivity index (χ0) is 8.57. The fraction of sp³-hybridized carbons (Fsp3) is 0. The van der Waals surface area contributed by atoms with Crippen LogP contribution in [0.25, 0.3) is 0 Å². The van der Waals surface area contributed by atoms with Crippen molar-refractivity contribution in [1.82, 2.24) is 0 Å². The van der Waals surface area contributed by atoms with Gasteiger partial charge >= 0.3 is 6.08 Å². The smallest absolute Gasteiger partial charge is 0.269 e. The van der Waals surface area contributed by atoms with Crippen molar-refractivity contribution in [2.45, 2.75) is 0 Å². The Labute approximate surface area is 71.0 Å².